The lowest BCUT2D eigenvalue weighted by molar-refractivity contribution is -0.111. The van der Waals surface area contributed by atoms with Gasteiger partial charge in [-0.2, -0.15) is 0 Å². The van der Waals surface area contributed by atoms with Gasteiger partial charge in [0.05, 0.1) is 0 Å². The summed E-state index contributed by atoms with van der Waals surface area (Å²) in [5, 5.41) is 0. The molecule has 64 valence electrons. The maximum Gasteiger partial charge on any atom is 0.123 e. The maximum atomic E-state index is 10.4. The molecular formula is C10H18O. The Hall–Kier alpha value is -0.590. The lowest BCUT2D eigenvalue weighted by Gasteiger charge is -2.13. The second kappa shape index (κ2) is 5.11. The number of hydrogen-bond donors (Lipinski definition) is 0. The molecule has 0 saturated carbocycles. The van der Waals surface area contributed by atoms with Crippen LogP contribution < -0.4 is 0 Å². The van der Waals surface area contributed by atoms with Crippen LogP contribution in [-0.2, 0) is 4.79 Å². The topological polar surface area (TPSA) is 17.1 Å². The van der Waals surface area contributed by atoms with Crippen molar-refractivity contribution >= 4 is 6.29 Å². The molecule has 0 aromatic rings. The van der Waals surface area contributed by atoms with E-state index in [4.69, 9.17) is 0 Å². The van der Waals surface area contributed by atoms with E-state index in [1.165, 1.54) is 5.57 Å². The SMILES string of the molecule is C=C(C)CC[C@H](C)[C@H](C)C=O. The molecule has 1 heteroatoms. The fourth-order valence-electron chi connectivity index (χ4n) is 0.871. The minimum Gasteiger partial charge on any atom is -0.303 e. The third-order valence-electron chi connectivity index (χ3n) is 2.14. The summed E-state index contributed by atoms with van der Waals surface area (Å²) in [6.45, 7) is 9.93. The summed E-state index contributed by atoms with van der Waals surface area (Å²) in [6, 6.07) is 0. The van der Waals surface area contributed by atoms with Gasteiger partial charge < -0.3 is 4.79 Å². The van der Waals surface area contributed by atoms with Crippen LogP contribution in [0.4, 0.5) is 0 Å². The first-order valence-electron chi connectivity index (χ1n) is 4.17. The standard InChI is InChI=1S/C10H18O/c1-8(2)5-6-9(3)10(4)7-11/h7,9-10H,1,5-6H2,2-4H3/t9-,10+/m0/s1. The second-order valence-electron chi connectivity index (χ2n) is 3.47. The van der Waals surface area contributed by atoms with E-state index < -0.39 is 0 Å². The van der Waals surface area contributed by atoms with E-state index in [0.717, 1.165) is 19.1 Å². The molecule has 0 N–H and O–H groups in total. The van der Waals surface area contributed by atoms with Crippen molar-refractivity contribution in [3.8, 4) is 0 Å². The van der Waals surface area contributed by atoms with Crippen LogP contribution in [0, 0.1) is 11.8 Å². The summed E-state index contributed by atoms with van der Waals surface area (Å²) in [4.78, 5) is 10.4. The highest BCUT2D eigenvalue weighted by Gasteiger charge is 2.09. The molecule has 0 aromatic heterocycles. The molecule has 0 amide bonds. The Balaban J connectivity index is 3.59. The zero-order valence-corrected chi connectivity index (χ0v) is 7.76. The number of carbonyl (C=O) groups is 1. The summed E-state index contributed by atoms with van der Waals surface area (Å²) in [5.74, 6) is 0.679. The molecule has 2 atom stereocenters. The molecular weight excluding hydrogens is 136 g/mol. The molecule has 0 aliphatic carbocycles. The van der Waals surface area contributed by atoms with Crippen LogP contribution in [0.15, 0.2) is 12.2 Å². The molecule has 0 heterocycles. The number of hydrogen-bond acceptors (Lipinski definition) is 1. The van der Waals surface area contributed by atoms with Crippen molar-refractivity contribution in [2.45, 2.75) is 33.6 Å². The largest absolute Gasteiger partial charge is 0.303 e. The average Bonchev–Trinajstić information content (AvgIpc) is 1.98. The summed E-state index contributed by atoms with van der Waals surface area (Å²) in [5.41, 5.74) is 1.20. The van der Waals surface area contributed by atoms with Crippen LogP contribution in [0.1, 0.15) is 33.6 Å². The lowest BCUT2D eigenvalue weighted by atomic mass is 9.92. The molecule has 0 spiro atoms. The molecule has 0 bridgehead atoms. The summed E-state index contributed by atoms with van der Waals surface area (Å²) < 4.78 is 0. The van der Waals surface area contributed by atoms with E-state index >= 15 is 0 Å². The third-order valence-corrected chi connectivity index (χ3v) is 2.14. The van der Waals surface area contributed by atoms with Crippen molar-refractivity contribution in [1.82, 2.24) is 0 Å². The Morgan fingerprint density at radius 3 is 2.45 bits per heavy atom. The first-order valence-corrected chi connectivity index (χ1v) is 4.17. The van der Waals surface area contributed by atoms with Crippen LogP contribution in [0.25, 0.3) is 0 Å². The highest BCUT2D eigenvalue weighted by Crippen LogP contribution is 2.16. The highest BCUT2D eigenvalue weighted by atomic mass is 16.1. The van der Waals surface area contributed by atoms with Gasteiger partial charge in [-0.3, -0.25) is 0 Å². The molecule has 0 aliphatic heterocycles. The van der Waals surface area contributed by atoms with Crippen molar-refractivity contribution in [3.05, 3.63) is 12.2 Å². The minimum absolute atomic E-state index is 0.189. The molecule has 0 rings (SSSR count). The van der Waals surface area contributed by atoms with Crippen molar-refractivity contribution in [1.29, 1.82) is 0 Å². The van der Waals surface area contributed by atoms with Gasteiger partial charge in [-0.05, 0) is 25.7 Å². The van der Waals surface area contributed by atoms with Gasteiger partial charge in [-0.15, -0.1) is 6.58 Å². The number of rotatable bonds is 5. The lowest BCUT2D eigenvalue weighted by Crippen LogP contribution is -2.08. The monoisotopic (exact) mass is 154 g/mol. The van der Waals surface area contributed by atoms with Crippen molar-refractivity contribution in [3.63, 3.8) is 0 Å². The van der Waals surface area contributed by atoms with Gasteiger partial charge >= 0.3 is 0 Å². The van der Waals surface area contributed by atoms with Gasteiger partial charge in [0.2, 0.25) is 0 Å². The highest BCUT2D eigenvalue weighted by molar-refractivity contribution is 5.53. The maximum absolute atomic E-state index is 10.4. The third kappa shape index (κ3) is 4.77. The van der Waals surface area contributed by atoms with Gasteiger partial charge in [0.1, 0.15) is 6.29 Å². The normalized spacial score (nSPS) is 15.5. The predicted molar refractivity (Wildman–Crippen MR) is 48.4 cm³/mol. The van der Waals surface area contributed by atoms with Crippen LogP contribution in [0.2, 0.25) is 0 Å². The van der Waals surface area contributed by atoms with Gasteiger partial charge in [-0.1, -0.05) is 19.4 Å². The molecule has 0 aromatic carbocycles. The molecule has 0 unspecified atom stereocenters. The number of carbonyl (C=O) groups excluding carboxylic acids is 1. The summed E-state index contributed by atoms with van der Waals surface area (Å²) in [7, 11) is 0. The van der Waals surface area contributed by atoms with E-state index in [-0.39, 0.29) is 5.92 Å². The first-order chi connectivity index (χ1) is 5.07. The van der Waals surface area contributed by atoms with Gasteiger partial charge in [0, 0.05) is 5.92 Å². The number of aldehydes is 1. The summed E-state index contributed by atoms with van der Waals surface area (Å²) in [6.07, 6.45) is 3.15. The smallest absolute Gasteiger partial charge is 0.123 e. The van der Waals surface area contributed by atoms with Gasteiger partial charge in [0.15, 0.2) is 0 Å². The molecule has 11 heavy (non-hydrogen) atoms. The quantitative estimate of drug-likeness (QED) is 0.439. The number of allylic oxidation sites excluding steroid dienone is 1. The van der Waals surface area contributed by atoms with E-state index in [9.17, 15) is 4.79 Å². The van der Waals surface area contributed by atoms with Crippen LogP contribution in [0.5, 0.6) is 0 Å². The Morgan fingerprint density at radius 1 is 1.55 bits per heavy atom. The fourth-order valence-corrected chi connectivity index (χ4v) is 0.871. The molecule has 0 saturated heterocycles. The Morgan fingerprint density at radius 2 is 2.09 bits per heavy atom. The van der Waals surface area contributed by atoms with E-state index in [1.807, 2.05) is 13.8 Å². The van der Waals surface area contributed by atoms with Gasteiger partial charge in [-0.25, -0.2) is 0 Å². The minimum atomic E-state index is 0.189. The Labute approximate surface area is 69.5 Å². The van der Waals surface area contributed by atoms with Crippen LogP contribution in [-0.4, -0.2) is 6.29 Å². The average molecular weight is 154 g/mol. The fraction of sp³-hybridized carbons (Fsp3) is 0.700. The Bertz CT molecular complexity index is 138. The first kappa shape index (κ1) is 10.4. The summed E-state index contributed by atoms with van der Waals surface area (Å²) >= 11 is 0. The molecule has 0 radical (unpaired) electrons. The van der Waals surface area contributed by atoms with E-state index in [1.54, 1.807) is 0 Å². The van der Waals surface area contributed by atoms with Crippen LogP contribution >= 0.6 is 0 Å². The zero-order valence-electron chi connectivity index (χ0n) is 7.76. The van der Waals surface area contributed by atoms with E-state index in [0.29, 0.717) is 5.92 Å². The molecule has 1 nitrogen and oxygen atoms in total. The molecule has 0 aliphatic rings. The van der Waals surface area contributed by atoms with Crippen LogP contribution in [0.3, 0.4) is 0 Å². The van der Waals surface area contributed by atoms with Crippen molar-refractivity contribution in [2.75, 3.05) is 0 Å². The van der Waals surface area contributed by atoms with Crippen molar-refractivity contribution < 1.29 is 4.79 Å². The Kier molecular flexibility index (Phi) is 4.84. The van der Waals surface area contributed by atoms with Gasteiger partial charge in [0.25, 0.3) is 0 Å². The van der Waals surface area contributed by atoms with E-state index in [2.05, 4.69) is 13.5 Å². The van der Waals surface area contributed by atoms with Crippen molar-refractivity contribution in [2.24, 2.45) is 11.8 Å². The second-order valence-corrected chi connectivity index (χ2v) is 3.47. The predicted octanol–water partition coefficient (Wildman–Crippen LogP) is 2.81. The zero-order chi connectivity index (χ0) is 8.85. The molecule has 0 fully saturated rings.